The predicted octanol–water partition coefficient (Wildman–Crippen LogP) is 6.54. The number of carbonyl (C=O) groups excluding carboxylic acids is 2. The van der Waals surface area contributed by atoms with Gasteiger partial charge >= 0.3 is 0 Å². The van der Waals surface area contributed by atoms with E-state index in [9.17, 15) is 19.8 Å². The molecule has 0 aliphatic carbocycles. The summed E-state index contributed by atoms with van der Waals surface area (Å²) in [7, 11) is 0. The number of carbonyl (C=O) groups is 2. The van der Waals surface area contributed by atoms with Gasteiger partial charge in [0.2, 0.25) is 0 Å². The minimum atomic E-state index is -0.499. The Morgan fingerprint density at radius 1 is 0.787 bits per heavy atom. The van der Waals surface area contributed by atoms with Crippen molar-refractivity contribution in [3.05, 3.63) is 130 Å². The number of pyridine rings is 4. The van der Waals surface area contributed by atoms with E-state index in [1.54, 1.807) is 59.9 Å². The molecule has 1 aliphatic rings. The number of likely N-dealkylation sites (tertiary alicyclic amines) is 1. The molecule has 1 unspecified atom stereocenters. The second-order valence-electron chi connectivity index (χ2n) is 10.9. The lowest BCUT2D eigenvalue weighted by atomic mass is 9.99. The van der Waals surface area contributed by atoms with Gasteiger partial charge in [-0.3, -0.25) is 19.6 Å². The topological polar surface area (TPSA) is 141 Å². The highest BCUT2D eigenvalue weighted by Gasteiger charge is 2.30. The summed E-state index contributed by atoms with van der Waals surface area (Å²) in [5.41, 5.74) is 2.78. The Kier molecular flexibility index (Phi) is 9.42. The summed E-state index contributed by atoms with van der Waals surface area (Å²) in [6, 6.07) is 22.4. The first-order valence-corrected chi connectivity index (χ1v) is 15.5. The van der Waals surface area contributed by atoms with Crippen molar-refractivity contribution in [2.75, 3.05) is 13.1 Å². The maximum atomic E-state index is 12.8. The molecule has 0 bridgehead atoms. The molecule has 12 heteroatoms. The molecule has 1 saturated heterocycles. The van der Waals surface area contributed by atoms with Crippen LogP contribution in [0.15, 0.2) is 97.6 Å². The largest absolute Gasteiger partial charge is 0.504 e. The number of aromatic nitrogens is 4. The molecule has 0 radical (unpaired) electrons. The van der Waals surface area contributed by atoms with Crippen LogP contribution in [-0.2, 0) is 6.54 Å². The van der Waals surface area contributed by atoms with E-state index in [1.165, 1.54) is 11.8 Å². The van der Waals surface area contributed by atoms with E-state index in [0.29, 0.717) is 45.5 Å². The molecule has 10 nitrogen and oxygen atoms in total. The molecule has 47 heavy (non-hydrogen) atoms. The average molecular weight is 668 g/mol. The third kappa shape index (κ3) is 6.94. The predicted molar refractivity (Wildman–Crippen MR) is 180 cm³/mol. The number of halogens is 2. The molecule has 236 valence electrons. The maximum absolute atomic E-state index is 12.8. The molecule has 1 atom stereocenters. The molecule has 1 fully saturated rings. The van der Waals surface area contributed by atoms with Crippen LogP contribution in [0, 0.1) is 0 Å². The summed E-state index contributed by atoms with van der Waals surface area (Å²) < 4.78 is 0. The summed E-state index contributed by atoms with van der Waals surface area (Å²) in [5.74, 6) is -0.786. The normalized spacial score (nSPS) is 14.1. The highest BCUT2D eigenvalue weighted by atomic mass is 35.5. The van der Waals surface area contributed by atoms with Crippen LogP contribution in [0.4, 0.5) is 0 Å². The van der Waals surface area contributed by atoms with Crippen LogP contribution < -0.4 is 5.32 Å². The van der Waals surface area contributed by atoms with Crippen molar-refractivity contribution in [2.24, 2.45) is 0 Å². The fraction of sp³-hybridized carbons (Fsp3) is 0.143. The molecule has 5 heterocycles. The van der Waals surface area contributed by atoms with Gasteiger partial charge in [-0.05, 0) is 53.9 Å². The van der Waals surface area contributed by atoms with E-state index in [-0.39, 0.29) is 35.3 Å². The monoisotopic (exact) mass is 666 g/mol. The van der Waals surface area contributed by atoms with Gasteiger partial charge in [-0.25, -0.2) is 9.97 Å². The van der Waals surface area contributed by atoms with Crippen LogP contribution in [0.25, 0.3) is 21.8 Å². The van der Waals surface area contributed by atoms with Gasteiger partial charge in [-0.2, -0.15) is 0 Å². The molecule has 1 aliphatic heterocycles. The number of rotatable bonds is 5. The van der Waals surface area contributed by atoms with Gasteiger partial charge in [-0.15, -0.1) is 0 Å². The second-order valence-corrected chi connectivity index (χ2v) is 11.7. The van der Waals surface area contributed by atoms with E-state index in [0.717, 1.165) is 17.4 Å². The van der Waals surface area contributed by atoms with Crippen LogP contribution >= 0.6 is 23.2 Å². The summed E-state index contributed by atoms with van der Waals surface area (Å²) >= 11 is 11.8. The highest BCUT2D eigenvalue weighted by molar-refractivity contribution is 6.42. The summed E-state index contributed by atoms with van der Waals surface area (Å²) in [4.78, 5) is 43.1. The number of hydrogen-bond acceptors (Lipinski definition) is 8. The Bertz CT molecular complexity index is 2100. The number of nitrogens with one attached hydrogen (secondary N) is 1. The molecule has 2 amide bonds. The van der Waals surface area contributed by atoms with Gasteiger partial charge in [0.25, 0.3) is 11.8 Å². The molecule has 2 aromatic carbocycles. The van der Waals surface area contributed by atoms with Crippen LogP contribution in [0.2, 0.25) is 10.0 Å². The first-order valence-electron chi connectivity index (χ1n) is 14.7. The van der Waals surface area contributed by atoms with E-state index >= 15 is 0 Å². The molecule has 7 rings (SSSR count). The Hall–Kier alpha value is -5.32. The molecular weight excluding hydrogens is 639 g/mol. The fourth-order valence-corrected chi connectivity index (χ4v) is 5.71. The van der Waals surface area contributed by atoms with Crippen LogP contribution in [0.3, 0.4) is 0 Å². The van der Waals surface area contributed by atoms with Crippen LogP contribution in [-0.4, -0.2) is 60.0 Å². The second kappa shape index (κ2) is 14.0. The summed E-state index contributed by atoms with van der Waals surface area (Å²) in [6.45, 7) is 1.54. The number of amides is 2. The van der Waals surface area contributed by atoms with Gasteiger partial charge in [-0.1, -0.05) is 59.6 Å². The van der Waals surface area contributed by atoms with Crippen molar-refractivity contribution in [1.82, 2.24) is 30.2 Å². The van der Waals surface area contributed by atoms with Gasteiger partial charge in [0.1, 0.15) is 11.0 Å². The van der Waals surface area contributed by atoms with E-state index in [1.807, 2.05) is 24.3 Å². The van der Waals surface area contributed by atoms with Crippen molar-refractivity contribution in [2.45, 2.75) is 18.9 Å². The lowest BCUT2D eigenvalue weighted by molar-refractivity contribution is 0.0781. The number of benzene rings is 2. The molecule has 0 spiro atoms. The third-order valence-electron chi connectivity index (χ3n) is 7.84. The average Bonchev–Trinajstić information content (AvgIpc) is 3.60. The summed E-state index contributed by atoms with van der Waals surface area (Å²) in [6.07, 6.45) is 7.13. The van der Waals surface area contributed by atoms with Crippen molar-refractivity contribution in [1.29, 1.82) is 0 Å². The number of nitrogens with zero attached hydrogens (tertiary/aromatic N) is 5. The Balaban J connectivity index is 0.000000165. The Labute approximate surface area is 279 Å². The number of hydrogen-bond donors (Lipinski definition) is 3. The zero-order chi connectivity index (χ0) is 32.9. The smallest absolute Gasteiger partial charge is 0.276 e. The molecule has 3 N–H and O–H groups in total. The standard InChI is InChI=1S/C19H17N3O2.C16H11Cl2N3O2/c23-18-16-14(7-4-9-20-16)11-21-17(18)19(24)22-10-8-15(12-22)13-5-2-1-3-6-13;17-11-4-3-9(6-12(11)18)7-21-16(23)14-15(22)13-10(8-20-14)2-1-5-19-13/h1-7,9,11,15,23H,8,10,12H2;1-6,8,22H,7H2,(H,21,23). The van der Waals surface area contributed by atoms with Gasteiger partial charge < -0.3 is 20.4 Å². The fourth-order valence-electron chi connectivity index (χ4n) is 5.38. The minimum absolute atomic E-state index is 0.0729. The maximum Gasteiger partial charge on any atom is 0.276 e. The number of fused-ring (bicyclic) bond motifs is 2. The molecular formula is C35H28Cl2N6O4. The minimum Gasteiger partial charge on any atom is -0.504 e. The van der Waals surface area contributed by atoms with E-state index in [2.05, 4.69) is 37.4 Å². The molecule has 4 aromatic heterocycles. The quantitative estimate of drug-likeness (QED) is 0.188. The van der Waals surface area contributed by atoms with E-state index in [4.69, 9.17) is 23.2 Å². The van der Waals surface area contributed by atoms with Crippen LogP contribution in [0.1, 0.15) is 44.4 Å². The van der Waals surface area contributed by atoms with Crippen molar-refractivity contribution < 1.29 is 19.8 Å². The first-order chi connectivity index (χ1) is 22.8. The zero-order valence-electron chi connectivity index (χ0n) is 24.8. The van der Waals surface area contributed by atoms with Crippen LogP contribution in [0.5, 0.6) is 11.5 Å². The van der Waals surface area contributed by atoms with Gasteiger partial charge in [0.05, 0.1) is 10.0 Å². The lowest BCUT2D eigenvalue weighted by Gasteiger charge is -2.17. The molecule has 0 saturated carbocycles. The van der Waals surface area contributed by atoms with E-state index < -0.39 is 5.91 Å². The SMILES string of the molecule is O=C(NCc1ccc(Cl)c(Cl)c1)c1ncc2cccnc2c1O.O=C(c1ncc2cccnc2c1O)N1CCC(c2ccccc2)C1. The molecule has 6 aromatic rings. The van der Waals surface area contributed by atoms with Crippen molar-refractivity contribution in [3.8, 4) is 11.5 Å². The van der Waals surface area contributed by atoms with Crippen molar-refractivity contribution >= 4 is 56.8 Å². The first kappa shape index (κ1) is 31.7. The Morgan fingerprint density at radius 3 is 2.09 bits per heavy atom. The highest BCUT2D eigenvalue weighted by Crippen LogP contribution is 2.31. The zero-order valence-corrected chi connectivity index (χ0v) is 26.4. The van der Waals surface area contributed by atoms with Crippen molar-refractivity contribution in [3.63, 3.8) is 0 Å². The van der Waals surface area contributed by atoms with Gasteiger partial charge in [0.15, 0.2) is 22.9 Å². The number of aromatic hydroxyl groups is 2. The summed E-state index contributed by atoms with van der Waals surface area (Å²) in [5, 5.41) is 25.5. The van der Waals surface area contributed by atoms with Gasteiger partial charge in [0, 0.05) is 61.1 Å². The Morgan fingerprint density at radius 2 is 1.43 bits per heavy atom. The lowest BCUT2D eigenvalue weighted by Crippen LogP contribution is -2.29. The third-order valence-corrected chi connectivity index (χ3v) is 8.58.